The third-order valence-corrected chi connectivity index (χ3v) is 4.69. The Bertz CT molecular complexity index is 976. The number of hydrogen-bond donors (Lipinski definition) is 1. The number of amides is 1. The van der Waals surface area contributed by atoms with Gasteiger partial charge in [-0.3, -0.25) is 9.89 Å². The van der Waals surface area contributed by atoms with Crippen LogP contribution < -0.4 is 4.74 Å². The van der Waals surface area contributed by atoms with E-state index < -0.39 is 5.82 Å². The number of benzene rings is 1. The Labute approximate surface area is 161 Å². The molecule has 1 amide bonds. The molecule has 0 radical (unpaired) electrons. The van der Waals surface area contributed by atoms with Gasteiger partial charge in [-0.1, -0.05) is 12.1 Å². The highest BCUT2D eigenvalue weighted by Crippen LogP contribution is 2.32. The quantitative estimate of drug-likeness (QED) is 0.743. The van der Waals surface area contributed by atoms with Crippen LogP contribution in [0.2, 0.25) is 0 Å². The van der Waals surface area contributed by atoms with E-state index in [1.165, 1.54) is 6.07 Å². The number of H-pyrrole nitrogens is 1. The molecule has 1 aliphatic rings. The van der Waals surface area contributed by atoms with Gasteiger partial charge in [-0.15, -0.1) is 0 Å². The molecular formula is C20H20FN5O2. The van der Waals surface area contributed by atoms with Crippen LogP contribution >= 0.6 is 0 Å². The zero-order valence-electron chi connectivity index (χ0n) is 15.4. The van der Waals surface area contributed by atoms with Crippen molar-refractivity contribution in [1.82, 2.24) is 25.1 Å². The third-order valence-electron chi connectivity index (χ3n) is 4.69. The van der Waals surface area contributed by atoms with Crippen molar-refractivity contribution in [2.45, 2.75) is 32.2 Å². The largest absolute Gasteiger partial charge is 0.436 e. The van der Waals surface area contributed by atoms with Crippen LogP contribution in [0.3, 0.4) is 0 Å². The highest BCUT2D eigenvalue weighted by molar-refractivity contribution is 5.92. The molecule has 1 fully saturated rings. The average molecular weight is 381 g/mol. The number of likely N-dealkylation sites (tertiary alicyclic amines) is 1. The number of carbonyl (C=O) groups excluding carboxylic acids is 1. The maximum absolute atomic E-state index is 13.9. The van der Waals surface area contributed by atoms with Gasteiger partial charge in [0.2, 0.25) is 5.88 Å². The molecule has 0 spiro atoms. The number of nitrogens with one attached hydrogen (secondary N) is 1. The van der Waals surface area contributed by atoms with Gasteiger partial charge >= 0.3 is 0 Å². The SMILES string of the molecule is Cc1cc(Oc2ccccc2F)nc(C2CCCCN2C(=O)c2ccn[nH]2)n1. The smallest absolute Gasteiger partial charge is 0.272 e. The molecule has 0 bridgehead atoms. The zero-order chi connectivity index (χ0) is 19.5. The van der Waals surface area contributed by atoms with Gasteiger partial charge in [-0.25, -0.2) is 9.37 Å². The van der Waals surface area contributed by atoms with E-state index >= 15 is 0 Å². The van der Waals surface area contributed by atoms with E-state index in [9.17, 15) is 9.18 Å². The maximum atomic E-state index is 13.9. The van der Waals surface area contributed by atoms with E-state index in [2.05, 4.69) is 20.2 Å². The second-order valence-electron chi connectivity index (χ2n) is 6.72. The molecule has 1 saturated heterocycles. The fourth-order valence-electron chi connectivity index (χ4n) is 3.38. The van der Waals surface area contributed by atoms with Crippen molar-refractivity contribution in [3.63, 3.8) is 0 Å². The number of halogens is 1. The summed E-state index contributed by atoms with van der Waals surface area (Å²) in [6.45, 7) is 2.44. The lowest BCUT2D eigenvalue weighted by Crippen LogP contribution is -2.39. The van der Waals surface area contributed by atoms with E-state index in [-0.39, 0.29) is 23.6 Å². The van der Waals surface area contributed by atoms with E-state index in [1.807, 2.05) is 6.92 Å². The van der Waals surface area contributed by atoms with Crippen molar-refractivity contribution >= 4 is 5.91 Å². The van der Waals surface area contributed by atoms with Gasteiger partial charge in [-0.2, -0.15) is 10.1 Å². The molecular weight excluding hydrogens is 361 g/mol. The van der Waals surface area contributed by atoms with E-state index in [1.54, 1.807) is 41.4 Å². The number of aryl methyl sites for hydroxylation is 1. The number of piperidine rings is 1. The second kappa shape index (κ2) is 7.75. The molecule has 2 aromatic heterocycles. The number of carbonyl (C=O) groups is 1. The van der Waals surface area contributed by atoms with Crippen molar-refractivity contribution in [3.05, 3.63) is 65.6 Å². The highest BCUT2D eigenvalue weighted by atomic mass is 19.1. The van der Waals surface area contributed by atoms with Gasteiger partial charge in [0.25, 0.3) is 5.91 Å². The summed E-state index contributed by atoms with van der Waals surface area (Å²) in [4.78, 5) is 23.6. The lowest BCUT2D eigenvalue weighted by molar-refractivity contribution is 0.0592. The second-order valence-corrected chi connectivity index (χ2v) is 6.72. The number of aromatic nitrogens is 4. The minimum atomic E-state index is -0.464. The van der Waals surface area contributed by atoms with Crippen LogP contribution in [0.1, 0.15) is 47.3 Å². The normalized spacial score (nSPS) is 16.8. The highest BCUT2D eigenvalue weighted by Gasteiger charge is 2.31. The molecule has 1 unspecified atom stereocenters. The van der Waals surface area contributed by atoms with Gasteiger partial charge in [0, 0.05) is 24.5 Å². The van der Waals surface area contributed by atoms with Crippen molar-refractivity contribution in [1.29, 1.82) is 0 Å². The predicted octanol–water partition coefficient (Wildman–Crippen LogP) is 3.81. The first-order chi connectivity index (χ1) is 13.6. The first kappa shape index (κ1) is 18.1. The van der Waals surface area contributed by atoms with Gasteiger partial charge in [0.05, 0.1) is 6.04 Å². The molecule has 0 saturated carbocycles. The zero-order valence-corrected chi connectivity index (χ0v) is 15.4. The summed E-state index contributed by atoms with van der Waals surface area (Å²) in [7, 11) is 0. The van der Waals surface area contributed by atoms with E-state index in [4.69, 9.17) is 4.74 Å². The van der Waals surface area contributed by atoms with Crippen molar-refractivity contribution in [2.75, 3.05) is 6.54 Å². The fourth-order valence-corrected chi connectivity index (χ4v) is 3.38. The van der Waals surface area contributed by atoms with Crippen LogP contribution in [0, 0.1) is 12.7 Å². The van der Waals surface area contributed by atoms with Crippen LogP contribution in [0.15, 0.2) is 42.6 Å². The molecule has 0 aliphatic carbocycles. The molecule has 28 heavy (non-hydrogen) atoms. The number of aromatic amines is 1. The number of nitrogens with zero attached hydrogens (tertiary/aromatic N) is 4. The minimum Gasteiger partial charge on any atom is -0.436 e. The van der Waals surface area contributed by atoms with Crippen molar-refractivity contribution in [3.8, 4) is 11.6 Å². The molecule has 1 atom stereocenters. The van der Waals surface area contributed by atoms with Crippen LogP contribution in [0.4, 0.5) is 4.39 Å². The topological polar surface area (TPSA) is 84.0 Å². The van der Waals surface area contributed by atoms with Crippen molar-refractivity contribution in [2.24, 2.45) is 0 Å². The molecule has 1 N–H and O–H groups in total. The lowest BCUT2D eigenvalue weighted by Gasteiger charge is -2.34. The van der Waals surface area contributed by atoms with Crippen molar-refractivity contribution < 1.29 is 13.9 Å². The van der Waals surface area contributed by atoms with Gasteiger partial charge < -0.3 is 9.64 Å². The fraction of sp³-hybridized carbons (Fsp3) is 0.300. The molecule has 7 nitrogen and oxygen atoms in total. The Morgan fingerprint density at radius 3 is 2.89 bits per heavy atom. The van der Waals surface area contributed by atoms with Gasteiger partial charge in [0.1, 0.15) is 5.69 Å². The summed E-state index contributed by atoms with van der Waals surface area (Å²) in [5.41, 5.74) is 1.12. The summed E-state index contributed by atoms with van der Waals surface area (Å²) < 4.78 is 19.6. The lowest BCUT2D eigenvalue weighted by atomic mass is 10.0. The van der Waals surface area contributed by atoms with Gasteiger partial charge in [-0.05, 0) is 44.4 Å². The monoisotopic (exact) mass is 381 g/mol. The molecule has 1 aliphatic heterocycles. The van der Waals surface area contributed by atoms with E-state index in [0.717, 1.165) is 19.3 Å². The van der Waals surface area contributed by atoms with Crippen LogP contribution in [0.25, 0.3) is 0 Å². The molecule has 8 heteroatoms. The first-order valence-corrected chi connectivity index (χ1v) is 9.20. The Hall–Kier alpha value is -3.29. The Morgan fingerprint density at radius 1 is 1.25 bits per heavy atom. The minimum absolute atomic E-state index is 0.0978. The number of hydrogen-bond acceptors (Lipinski definition) is 5. The molecule has 144 valence electrons. The number of para-hydroxylation sites is 1. The summed E-state index contributed by atoms with van der Waals surface area (Å²) in [6.07, 6.45) is 4.19. The summed E-state index contributed by atoms with van der Waals surface area (Å²) >= 11 is 0. The Morgan fingerprint density at radius 2 is 2.11 bits per heavy atom. The standard InChI is InChI=1S/C20H20FN5O2/c1-13-12-18(28-17-8-3-2-6-14(17)21)24-19(23-13)16-7-4-5-11-26(16)20(27)15-9-10-22-25-15/h2-3,6,8-10,12,16H,4-5,7,11H2,1H3,(H,22,25). The molecule has 3 heterocycles. The summed E-state index contributed by atoms with van der Waals surface area (Å²) in [6, 6.07) is 9.20. The molecule has 1 aromatic carbocycles. The van der Waals surface area contributed by atoms with Crippen LogP contribution in [-0.4, -0.2) is 37.5 Å². The maximum Gasteiger partial charge on any atom is 0.272 e. The Kier molecular flexibility index (Phi) is 5.01. The first-order valence-electron chi connectivity index (χ1n) is 9.20. The van der Waals surface area contributed by atoms with Crippen LogP contribution in [0.5, 0.6) is 11.6 Å². The summed E-state index contributed by atoms with van der Waals surface area (Å²) in [5, 5.41) is 6.58. The average Bonchev–Trinajstić information content (AvgIpc) is 3.24. The number of rotatable bonds is 4. The van der Waals surface area contributed by atoms with Crippen LogP contribution in [-0.2, 0) is 0 Å². The molecule has 4 rings (SSSR count). The summed E-state index contributed by atoms with van der Waals surface area (Å²) in [5.74, 6) is 0.254. The number of ether oxygens (including phenoxy) is 1. The van der Waals surface area contributed by atoms with Gasteiger partial charge in [0.15, 0.2) is 17.4 Å². The predicted molar refractivity (Wildman–Crippen MR) is 99.5 cm³/mol. The Balaban J connectivity index is 1.64. The third kappa shape index (κ3) is 3.71. The van der Waals surface area contributed by atoms with E-state index in [0.29, 0.717) is 23.8 Å². The molecule has 3 aromatic rings.